The fourth-order valence-electron chi connectivity index (χ4n) is 6.29. The molecule has 29 heavy (non-hydrogen) atoms. The number of allylic oxidation sites excluding steroid dienone is 4. The van der Waals surface area contributed by atoms with Gasteiger partial charge in [0.05, 0.1) is 0 Å². The molecule has 5 heteroatoms. The Hall–Kier alpha value is 1.64. The van der Waals surface area contributed by atoms with E-state index in [0.717, 1.165) is 46.0 Å². The van der Waals surface area contributed by atoms with Gasteiger partial charge in [0.2, 0.25) is 0 Å². The molecule has 0 amide bonds. The van der Waals surface area contributed by atoms with Crippen LogP contribution in [0.1, 0.15) is 60.8 Å². The monoisotopic (exact) mass is 552 g/mol. The second-order valence-electron chi connectivity index (χ2n) is 9.81. The summed E-state index contributed by atoms with van der Waals surface area (Å²) in [5, 5.41) is 1.68. The van der Waals surface area contributed by atoms with Gasteiger partial charge in [0, 0.05) is 10.5 Å². The van der Waals surface area contributed by atoms with E-state index in [4.69, 9.17) is 17.0 Å². The van der Waals surface area contributed by atoms with Crippen molar-refractivity contribution in [2.75, 3.05) is 0 Å². The Balaban J connectivity index is 0.000000794. The van der Waals surface area contributed by atoms with E-state index in [9.17, 15) is 0 Å². The van der Waals surface area contributed by atoms with Crippen LogP contribution in [-0.2, 0) is 20.8 Å². The molecule has 2 aliphatic carbocycles. The molecule has 0 N–H and O–H groups in total. The van der Waals surface area contributed by atoms with Crippen molar-refractivity contribution in [1.29, 1.82) is 0 Å². The van der Waals surface area contributed by atoms with Crippen molar-refractivity contribution < 1.29 is 20.8 Å². The predicted octanol–water partition coefficient (Wildman–Crippen LogP) is 9.26. The predicted molar refractivity (Wildman–Crippen MR) is 135 cm³/mol. The number of hydrogen-bond acceptors (Lipinski definition) is 2. The number of thioether (sulfide) groups is 2. The number of fused-ring (bicyclic) bond motifs is 3. The van der Waals surface area contributed by atoms with Crippen molar-refractivity contribution >= 4 is 40.5 Å². The Morgan fingerprint density at radius 1 is 0.966 bits per heavy atom. The Morgan fingerprint density at radius 3 is 1.79 bits per heavy atom. The Kier molecular flexibility index (Phi) is 11.5. The van der Waals surface area contributed by atoms with Gasteiger partial charge in [-0.1, -0.05) is 39.8 Å². The van der Waals surface area contributed by atoms with Crippen LogP contribution in [0.5, 0.6) is 0 Å². The Morgan fingerprint density at radius 2 is 1.41 bits per heavy atom. The molecule has 2 aliphatic heterocycles. The molecule has 4 aliphatic rings. The van der Waals surface area contributed by atoms with Gasteiger partial charge in [0.25, 0.3) is 0 Å². The van der Waals surface area contributed by atoms with Gasteiger partial charge in [0.15, 0.2) is 0 Å². The van der Waals surface area contributed by atoms with Crippen molar-refractivity contribution in [1.82, 2.24) is 0 Å². The normalized spacial score (nSPS) is 37.3. The van der Waals surface area contributed by atoms with Gasteiger partial charge in [0.1, 0.15) is 0 Å². The molecule has 4 rings (SSSR count). The third-order valence-electron chi connectivity index (χ3n) is 7.74. The van der Waals surface area contributed by atoms with E-state index in [1.165, 1.54) is 19.3 Å². The van der Waals surface area contributed by atoms with Crippen LogP contribution in [0.25, 0.3) is 0 Å². The van der Waals surface area contributed by atoms with Crippen molar-refractivity contribution in [3.05, 3.63) is 36.8 Å². The summed E-state index contributed by atoms with van der Waals surface area (Å²) in [4.78, 5) is 3.16. The summed E-state index contributed by atoms with van der Waals surface area (Å²) in [6.45, 7) is 14.8. The van der Waals surface area contributed by atoms with E-state index in [-0.39, 0.29) is 14.9 Å². The van der Waals surface area contributed by atoms with Gasteiger partial charge in [-0.2, -0.15) is 0 Å². The average Bonchev–Trinajstić information content (AvgIpc) is 3.29. The summed E-state index contributed by atoms with van der Waals surface area (Å²) in [5.41, 5.74) is 0.475. The van der Waals surface area contributed by atoms with Crippen LogP contribution in [-0.4, -0.2) is 10.5 Å². The summed E-state index contributed by atoms with van der Waals surface area (Å²) in [6, 6.07) is 0. The minimum atomic E-state index is -0.826. The fourth-order valence-corrected chi connectivity index (χ4v) is 9.88. The maximum atomic E-state index is 4.93. The van der Waals surface area contributed by atoms with Crippen molar-refractivity contribution in [2.45, 2.75) is 71.3 Å². The minimum absolute atomic E-state index is 0. The zero-order chi connectivity index (χ0) is 19.9. The van der Waals surface area contributed by atoms with Gasteiger partial charge in [-0.25, -0.2) is 0 Å². The van der Waals surface area contributed by atoms with Crippen LogP contribution >= 0.6 is 40.5 Å². The van der Waals surface area contributed by atoms with Crippen LogP contribution < -0.4 is 0 Å². The number of rotatable bonds is 3. The summed E-state index contributed by atoms with van der Waals surface area (Å²) in [7, 11) is 9.87. The Bertz CT molecular complexity index is 570. The summed E-state index contributed by atoms with van der Waals surface area (Å²) in [5.74, 6) is 5.23. The second-order valence-corrected chi connectivity index (χ2v) is 16.4. The number of halogens is 2. The zero-order valence-corrected chi connectivity index (χ0v) is 25.1. The first-order valence-corrected chi connectivity index (χ1v) is 18.5. The molecule has 2 heterocycles. The molecular weight excluding hydrogens is 515 g/mol. The fraction of sp³-hybridized carbons (Fsp3) is 0.750. The molecule has 0 spiro atoms. The van der Waals surface area contributed by atoms with E-state index >= 15 is 0 Å². The average molecular weight is 555 g/mol. The SMILES string of the molecule is CC1=CC2C3C=C(C)SC3C(C(C)(C)C3CCC(C(C)C)C3)C2S1.[CH3-].[CH3-].[Cl][Zr+2][Cl]. The van der Waals surface area contributed by atoms with E-state index < -0.39 is 20.8 Å². The van der Waals surface area contributed by atoms with E-state index in [1.54, 1.807) is 9.81 Å². The molecule has 0 aromatic rings. The van der Waals surface area contributed by atoms with Gasteiger partial charge in [-0.3, -0.25) is 0 Å². The second kappa shape index (κ2) is 11.7. The van der Waals surface area contributed by atoms with E-state index in [0.29, 0.717) is 5.41 Å². The van der Waals surface area contributed by atoms with Crippen LogP contribution in [0.4, 0.5) is 0 Å². The van der Waals surface area contributed by atoms with E-state index in [1.807, 2.05) is 0 Å². The van der Waals surface area contributed by atoms with Crippen molar-refractivity contribution in [3.63, 3.8) is 0 Å². The third kappa shape index (κ3) is 5.77. The molecular formula is C24H40Cl2S2Zr. The molecule has 0 bridgehead atoms. The molecule has 0 aromatic carbocycles. The van der Waals surface area contributed by atoms with Crippen LogP contribution in [0.2, 0.25) is 0 Å². The zero-order valence-electron chi connectivity index (χ0n) is 19.5. The molecule has 166 valence electrons. The van der Waals surface area contributed by atoms with Gasteiger partial charge in [-0.15, -0.1) is 23.5 Å². The van der Waals surface area contributed by atoms with Crippen LogP contribution in [0, 0.1) is 55.8 Å². The first kappa shape index (κ1) is 28.7. The maximum absolute atomic E-state index is 4.93. The van der Waals surface area contributed by atoms with Crippen LogP contribution in [0.3, 0.4) is 0 Å². The van der Waals surface area contributed by atoms with E-state index in [2.05, 4.69) is 77.2 Å². The molecule has 6 atom stereocenters. The Labute approximate surface area is 208 Å². The quantitative estimate of drug-likeness (QED) is 0.319. The first-order valence-electron chi connectivity index (χ1n) is 10.4. The summed E-state index contributed by atoms with van der Waals surface area (Å²) >= 11 is 3.60. The molecule has 2 fully saturated rings. The number of hydrogen-bond donors (Lipinski definition) is 0. The molecule has 0 radical (unpaired) electrons. The molecule has 0 aromatic heterocycles. The standard InChI is InChI=1S/C22H34S2.2CH3.2ClH.Zr/c1-12(2)15-7-8-16(11-15)22(5,6)19-20-17(9-13(3)23-20)18-10-14(4)24-21(18)19;;;;;/h9-10,12,15-21H,7-8,11H2,1-6H3;2*1H3;2*1H;/q;2*-1;;;+4/p-2. The van der Waals surface area contributed by atoms with Gasteiger partial charge in [-0.05, 0) is 83.8 Å². The molecule has 0 saturated heterocycles. The van der Waals surface area contributed by atoms with Gasteiger partial charge >= 0.3 is 37.9 Å². The third-order valence-corrected chi connectivity index (χ3v) is 10.5. The summed E-state index contributed by atoms with van der Waals surface area (Å²) in [6.07, 6.45) is 9.64. The summed E-state index contributed by atoms with van der Waals surface area (Å²) < 4.78 is 0. The molecule has 0 nitrogen and oxygen atoms in total. The topological polar surface area (TPSA) is 0 Å². The first-order chi connectivity index (χ1) is 12.7. The van der Waals surface area contributed by atoms with Crippen LogP contribution in [0.15, 0.2) is 22.0 Å². The molecule has 6 unspecified atom stereocenters. The van der Waals surface area contributed by atoms with Crippen molar-refractivity contribution in [3.8, 4) is 0 Å². The van der Waals surface area contributed by atoms with Crippen molar-refractivity contribution in [2.24, 2.45) is 40.9 Å². The van der Waals surface area contributed by atoms with Gasteiger partial charge < -0.3 is 14.9 Å². The molecule has 2 saturated carbocycles.